The zero-order valence-electron chi connectivity index (χ0n) is 12.4. The smallest absolute Gasteiger partial charge is 0.0948 e. The van der Waals surface area contributed by atoms with Gasteiger partial charge in [-0.25, -0.2) is 0 Å². The quantitative estimate of drug-likeness (QED) is 0.900. The first-order valence-electron chi connectivity index (χ1n) is 7.08. The third kappa shape index (κ3) is 3.32. The third-order valence-electron chi connectivity index (χ3n) is 3.99. The van der Waals surface area contributed by atoms with Gasteiger partial charge in [0.05, 0.1) is 6.10 Å². The second-order valence-electron chi connectivity index (χ2n) is 4.98. The van der Waals surface area contributed by atoms with Crippen LogP contribution in [-0.4, -0.2) is 29.1 Å². The van der Waals surface area contributed by atoms with Crippen molar-refractivity contribution < 1.29 is 5.11 Å². The molecule has 2 atom stereocenters. The fourth-order valence-corrected chi connectivity index (χ4v) is 2.77. The number of likely N-dealkylation sites (N-methyl/N-ethyl adjacent to an activating group) is 1. The lowest BCUT2D eigenvalue weighted by atomic mass is 9.96. The maximum Gasteiger partial charge on any atom is 0.0948 e. The van der Waals surface area contributed by atoms with E-state index in [9.17, 15) is 5.11 Å². The van der Waals surface area contributed by atoms with Gasteiger partial charge in [0.1, 0.15) is 0 Å². The van der Waals surface area contributed by atoms with Gasteiger partial charge >= 0.3 is 0 Å². The maximum absolute atomic E-state index is 10.7. The molecule has 3 heteroatoms. The average Bonchev–Trinajstić information content (AvgIpc) is 2.47. The number of hydrogen-bond donors (Lipinski definition) is 1. The summed E-state index contributed by atoms with van der Waals surface area (Å²) in [5, 5.41) is 13.0. The zero-order chi connectivity index (χ0) is 13.8. The standard InChI is InChI=1S/C17H23NO.ClH/c1-4-18(5-2)13(3)17(19)16-12-8-10-14-9-6-7-11-15(14)16;/h6-13,17,19H,4-5H2,1-3H3;1H. The van der Waals surface area contributed by atoms with Gasteiger partial charge in [-0.1, -0.05) is 56.3 Å². The lowest BCUT2D eigenvalue weighted by Crippen LogP contribution is -2.37. The summed E-state index contributed by atoms with van der Waals surface area (Å²) >= 11 is 0. The van der Waals surface area contributed by atoms with Crippen LogP contribution in [0.15, 0.2) is 42.5 Å². The number of hydrogen-bond acceptors (Lipinski definition) is 2. The molecule has 2 unspecified atom stereocenters. The molecule has 0 aromatic heterocycles. The highest BCUT2D eigenvalue weighted by atomic mass is 35.5. The molecule has 2 rings (SSSR count). The molecule has 0 heterocycles. The van der Waals surface area contributed by atoms with Gasteiger partial charge in [0.15, 0.2) is 0 Å². The number of rotatable bonds is 5. The normalized spacial score (nSPS) is 14.1. The van der Waals surface area contributed by atoms with Crippen LogP contribution in [0.5, 0.6) is 0 Å². The number of aliphatic hydroxyl groups excluding tert-OH is 1. The molecule has 20 heavy (non-hydrogen) atoms. The Bertz CT molecular complexity index is 534. The Labute approximate surface area is 127 Å². The molecule has 0 radical (unpaired) electrons. The SMILES string of the molecule is CCN(CC)C(C)C(O)c1cccc2ccccc12.Cl. The summed E-state index contributed by atoms with van der Waals surface area (Å²) < 4.78 is 0. The molecule has 0 aliphatic rings. The molecule has 0 saturated heterocycles. The highest BCUT2D eigenvalue weighted by Gasteiger charge is 2.22. The van der Waals surface area contributed by atoms with Gasteiger partial charge in [-0.3, -0.25) is 4.90 Å². The second-order valence-corrected chi connectivity index (χ2v) is 4.98. The van der Waals surface area contributed by atoms with Crippen molar-refractivity contribution in [3.8, 4) is 0 Å². The van der Waals surface area contributed by atoms with Crippen LogP contribution in [0.25, 0.3) is 10.8 Å². The summed E-state index contributed by atoms with van der Waals surface area (Å²) in [6.07, 6.45) is -0.453. The molecule has 110 valence electrons. The summed E-state index contributed by atoms with van der Waals surface area (Å²) in [6.45, 7) is 8.28. The molecular formula is C17H24ClNO. The van der Waals surface area contributed by atoms with Crippen LogP contribution in [-0.2, 0) is 0 Å². The van der Waals surface area contributed by atoms with Gasteiger partial charge < -0.3 is 5.11 Å². The summed E-state index contributed by atoms with van der Waals surface area (Å²) in [7, 11) is 0. The number of fused-ring (bicyclic) bond motifs is 1. The largest absolute Gasteiger partial charge is 0.387 e. The number of benzene rings is 2. The van der Waals surface area contributed by atoms with Crippen molar-refractivity contribution in [3.05, 3.63) is 48.0 Å². The summed E-state index contributed by atoms with van der Waals surface area (Å²) in [4.78, 5) is 2.28. The minimum absolute atomic E-state index is 0. The van der Waals surface area contributed by atoms with Crippen LogP contribution in [0.4, 0.5) is 0 Å². The predicted molar refractivity (Wildman–Crippen MR) is 88.5 cm³/mol. The van der Waals surface area contributed by atoms with Gasteiger partial charge in [-0.2, -0.15) is 0 Å². The van der Waals surface area contributed by atoms with E-state index in [-0.39, 0.29) is 18.4 Å². The minimum Gasteiger partial charge on any atom is -0.387 e. The van der Waals surface area contributed by atoms with Crippen LogP contribution < -0.4 is 0 Å². The van der Waals surface area contributed by atoms with Crippen molar-refractivity contribution in [1.29, 1.82) is 0 Å². The minimum atomic E-state index is -0.453. The molecular weight excluding hydrogens is 270 g/mol. The molecule has 0 amide bonds. The molecule has 2 aromatic carbocycles. The van der Waals surface area contributed by atoms with Crippen molar-refractivity contribution in [1.82, 2.24) is 4.90 Å². The molecule has 0 fully saturated rings. The van der Waals surface area contributed by atoms with Crippen molar-refractivity contribution in [2.75, 3.05) is 13.1 Å². The Balaban J connectivity index is 0.00000200. The first-order chi connectivity index (χ1) is 9.19. The van der Waals surface area contributed by atoms with Crippen LogP contribution in [0.2, 0.25) is 0 Å². The van der Waals surface area contributed by atoms with E-state index >= 15 is 0 Å². The molecule has 0 saturated carbocycles. The van der Waals surface area contributed by atoms with Crippen LogP contribution in [0.3, 0.4) is 0 Å². The van der Waals surface area contributed by atoms with Crippen molar-refractivity contribution in [3.63, 3.8) is 0 Å². The number of halogens is 1. The van der Waals surface area contributed by atoms with Gasteiger partial charge in [-0.05, 0) is 36.3 Å². The average molecular weight is 294 g/mol. The number of aliphatic hydroxyl groups is 1. The monoisotopic (exact) mass is 293 g/mol. The Kier molecular flexibility index (Phi) is 6.47. The maximum atomic E-state index is 10.7. The van der Waals surface area contributed by atoms with E-state index in [1.807, 2.05) is 24.3 Å². The fourth-order valence-electron chi connectivity index (χ4n) is 2.77. The van der Waals surface area contributed by atoms with Crippen LogP contribution >= 0.6 is 12.4 Å². The van der Waals surface area contributed by atoms with E-state index in [1.54, 1.807) is 0 Å². The summed E-state index contributed by atoms with van der Waals surface area (Å²) in [6, 6.07) is 14.5. The Morgan fingerprint density at radius 1 is 1.00 bits per heavy atom. The van der Waals surface area contributed by atoms with E-state index < -0.39 is 6.10 Å². The summed E-state index contributed by atoms with van der Waals surface area (Å²) in [5.41, 5.74) is 1.03. The van der Waals surface area contributed by atoms with Gasteiger partial charge in [0, 0.05) is 6.04 Å². The lowest BCUT2D eigenvalue weighted by Gasteiger charge is -2.31. The van der Waals surface area contributed by atoms with E-state index in [1.165, 1.54) is 5.39 Å². The third-order valence-corrected chi connectivity index (χ3v) is 3.99. The van der Waals surface area contributed by atoms with Crippen LogP contribution in [0, 0.1) is 0 Å². The molecule has 0 aliphatic heterocycles. The highest BCUT2D eigenvalue weighted by molar-refractivity contribution is 5.86. The predicted octanol–water partition coefficient (Wildman–Crippen LogP) is 4.03. The number of nitrogens with zero attached hydrogens (tertiary/aromatic N) is 1. The lowest BCUT2D eigenvalue weighted by molar-refractivity contribution is 0.0648. The Morgan fingerprint density at radius 3 is 2.25 bits per heavy atom. The molecule has 0 aliphatic carbocycles. The highest BCUT2D eigenvalue weighted by Crippen LogP contribution is 2.28. The van der Waals surface area contributed by atoms with Gasteiger partial charge in [0.2, 0.25) is 0 Å². The van der Waals surface area contributed by atoms with Crippen LogP contribution in [0.1, 0.15) is 32.4 Å². The molecule has 1 N–H and O–H groups in total. The molecule has 2 nitrogen and oxygen atoms in total. The van der Waals surface area contributed by atoms with Gasteiger partial charge in [-0.15, -0.1) is 12.4 Å². The molecule has 0 spiro atoms. The fraction of sp³-hybridized carbons (Fsp3) is 0.412. The molecule has 2 aromatic rings. The topological polar surface area (TPSA) is 23.5 Å². The summed E-state index contributed by atoms with van der Waals surface area (Å²) in [5.74, 6) is 0. The van der Waals surface area contributed by atoms with Crippen molar-refractivity contribution >= 4 is 23.2 Å². The molecule has 0 bridgehead atoms. The van der Waals surface area contributed by atoms with E-state index in [0.717, 1.165) is 24.0 Å². The first-order valence-corrected chi connectivity index (χ1v) is 7.08. The zero-order valence-corrected chi connectivity index (χ0v) is 13.2. The first kappa shape index (κ1) is 17.0. The van der Waals surface area contributed by atoms with E-state index in [4.69, 9.17) is 0 Å². The van der Waals surface area contributed by atoms with E-state index in [0.29, 0.717) is 0 Å². The van der Waals surface area contributed by atoms with Crippen molar-refractivity contribution in [2.45, 2.75) is 32.9 Å². The van der Waals surface area contributed by atoms with E-state index in [2.05, 4.69) is 43.9 Å². The van der Waals surface area contributed by atoms with Gasteiger partial charge in [0.25, 0.3) is 0 Å². The van der Waals surface area contributed by atoms with Crippen molar-refractivity contribution in [2.24, 2.45) is 0 Å². The Hall–Kier alpha value is -1.09. The Morgan fingerprint density at radius 2 is 1.60 bits per heavy atom. The second kappa shape index (κ2) is 7.63.